The SMILES string of the molecule is O=C(O)CC(=O)O.[CH2-]C(CCCCCCC)C(C)(C)C.[Li+]. The molecule has 0 aliphatic heterocycles. The van der Waals surface area contributed by atoms with Crippen molar-refractivity contribution in [1.82, 2.24) is 0 Å². The maximum atomic E-state index is 9.43. The molecule has 0 spiro atoms. The molecule has 21 heavy (non-hydrogen) atoms. The average Bonchev–Trinajstić information content (AvgIpc) is 2.26. The second-order valence-corrected chi connectivity index (χ2v) is 6.23. The third-order valence-electron chi connectivity index (χ3n) is 3.18. The fraction of sp³-hybridized carbons (Fsp3) is 0.812. The van der Waals surface area contributed by atoms with E-state index < -0.39 is 18.4 Å². The van der Waals surface area contributed by atoms with Crippen molar-refractivity contribution in [3.63, 3.8) is 0 Å². The van der Waals surface area contributed by atoms with Crippen LogP contribution in [0.3, 0.4) is 0 Å². The summed E-state index contributed by atoms with van der Waals surface area (Å²) in [6.07, 6.45) is 7.41. The zero-order valence-corrected chi connectivity index (χ0v) is 14.4. The van der Waals surface area contributed by atoms with Gasteiger partial charge in [-0.3, -0.25) is 9.59 Å². The summed E-state index contributed by atoms with van der Waals surface area (Å²) in [6.45, 7) is 13.4. The van der Waals surface area contributed by atoms with E-state index in [0.29, 0.717) is 11.3 Å². The van der Waals surface area contributed by atoms with Crippen molar-refractivity contribution in [2.75, 3.05) is 0 Å². The quantitative estimate of drug-likeness (QED) is 0.307. The van der Waals surface area contributed by atoms with Crippen LogP contribution < -0.4 is 18.9 Å². The van der Waals surface area contributed by atoms with E-state index >= 15 is 0 Å². The fourth-order valence-electron chi connectivity index (χ4n) is 1.56. The molecular weight excluding hydrogens is 263 g/mol. The molecule has 5 heteroatoms. The molecule has 0 aromatic carbocycles. The number of aliphatic carboxylic acids is 2. The Labute approximate surface area is 141 Å². The van der Waals surface area contributed by atoms with Crippen LogP contribution in [0.25, 0.3) is 0 Å². The van der Waals surface area contributed by atoms with E-state index in [2.05, 4.69) is 34.6 Å². The zero-order chi connectivity index (χ0) is 16.2. The van der Waals surface area contributed by atoms with Crippen molar-refractivity contribution < 1.29 is 38.7 Å². The first-order valence-corrected chi connectivity index (χ1v) is 7.37. The molecule has 0 bridgehead atoms. The molecule has 0 aromatic heterocycles. The van der Waals surface area contributed by atoms with Gasteiger partial charge in [0.25, 0.3) is 0 Å². The predicted octanol–water partition coefficient (Wildman–Crippen LogP) is 1.39. The maximum absolute atomic E-state index is 9.43. The summed E-state index contributed by atoms with van der Waals surface area (Å²) in [7, 11) is 0. The molecule has 2 N–H and O–H groups in total. The Kier molecular flexibility index (Phi) is 17.6. The molecule has 1 unspecified atom stereocenters. The van der Waals surface area contributed by atoms with Crippen molar-refractivity contribution in [2.45, 2.75) is 72.6 Å². The summed E-state index contributed by atoms with van der Waals surface area (Å²) in [5.41, 5.74) is 0.394. The Bertz CT molecular complexity index is 260. The molecule has 120 valence electrons. The number of rotatable bonds is 8. The number of carboxylic acids is 2. The van der Waals surface area contributed by atoms with Crippen LogP contribution in [-0.2, 0) is 9.59 Å². The van der Waals surface area contributed by atoms with Crippen LogP contribution in [-0.4, -0.2) is 22.2 Å². The monoisotopic (exact) mass is 294 g/mol. The average molecular weight is 294 g/mol. The second kappa shape index (κ2) is 14.5. The Morgan fingerprint density at radius 2 is 1.43 bits per heavy atom. The number of hydrogen-bond donors (Lipinski definition) is 2. The second-order valence-electron chi connectivity index (χ2n) is 6.23. The standard InChI is InChI=1S/C13H27.C3H4O4.Li/c1-6-7-8-9-10-11-12(2)13(3,4)5;4-2(5)1-3(6)7;/h12H,2,6-11H2,1,3-5H3;1H2,(H,4,5)(H,6,7);/q-1;;+1. The Balaban J connectivity index is -0.000000347. The molecule has 0 heterocycles. The van der Waals surface area contributed by atoms with E-state index in [0.717, 1.165) is 0 Å². The number of unbranched alkanes of at least 4 members (excludes halogenated alkanes) is 4. The van der Waals surface area contributed by atoms with Crippen LogP contribution in [0.5, 0.6) is 0 Å². The third-order valence-corrected chi connectivity index (χ3v) is 3.18. The molecule has 0 aromatic rings. The van der Waals surface area contributed by atoms with Gasteiger partial charge in [0.2, 0.25) is 0 Å². The summed E-state index contributed by atoms with van der Waals surface area (Å²) < 4.78 is 0. The van der Waals surface area contributed by atoms with Crippen molar-refractivity contribution in [3.8, 4) is 0 Å². The fourth-order valence-corrected chi connectivity index (χ4v) is 1.56. The van der Waals surface area contributed by atoms with Crippen molar-refractivity contribution in [1.29, 1.82) is 0 Å². The van der Waals surface area contributed by atoms with E-state index in [1.165, 1.54) is 38.5 Å². The molecule has 0 radical (unpaired) electrons. The molecule has 0 saturated carbocycles. The van der Waals surface area contributed by atoms with Crippen molar-refractivity contribution in [2.24, 2.45) is 11.3 Å². The van der Waals surface area contributed by atoms with E-state index in [4.69, 9.17) is 10.2 Å². The van der Waals surface area contributed by atoms with Gasteiger partial charge in [0, 0.05) is 0 Å². The van der Waals surface area contributed by atoms with Gasteiger partial charge in [0.15, 0.2) is 0 Å². The van der Waals surface area contributed by atoms with Crippen molar-refractivity contribution >= 4 is 11.9 Å². The van der Waals surface area contributed by atoms with Gasteiger partial charge in [0.1, 0.15) is 6.42 Å². The minimum atomic E-state index is -1.31. The van der Waals surface area contributed by atoms with E-state index in [9.17, 15) is 9.59 Å². The van der Waals surface area contributed by atoms with E-state index in [1.54, 1.807) is 0 Å². The zero-order valence-electron chi connectivity index (χ0n) is 14.4. The minimum absolute atomic E-state index is 0. The van der Waals surface area contributed by atoms with Crippen LogP contribution in [0.1, 0.15) is 72.6 Å². The summed E-state index contributed by atoms with van der Waals surface area (Å²) >= 11 is 0. The summed E-state index contributed by atoms with van der Waals surface area (Å²) in [5.74, 6) is -2.01. The molecule has 0 aliphatic carbocycles. The van der Waals surface area contributed by atoms with Gasteiger partial charge >= 0.3 is 30.8 Å². The van der Waals surface area contributed by atoms with Crippen LogP contribution in [0.15, 0.2) is 0 Å². The molecule has 0 rings (SSSR count). The van der Waals surface area contributed by atoms with E-state index in [1.807, 2.05) is 0 Å². The molecule has 0 fully saturated rings. The van der Waals surface area contributed by atoms with Gasteiger partial charge in [-0.25, -0.2) is 0 Å². The van der Waals surface area contributed by atoms with Crippen LogP contribution in [0.2, 0.25) is 0 Å². The van der Waals surface area contributed by atoms with Crippen LogP contribution in [0.4, 0.5) is 0 Å². The summed E-state index contributed by atoms with van der Waals surface area (Å²) in [6, 6.07) is 0. The van der Waals surface area contributed by atoms with Crippen LogP contribution in [0, 0.1) is 18.3 Å². The largest absolute Gasteiger partial charge is 1.00 e. The summed E-state index contributed by atoms with van der Waals surface area (Å²) in [5, 5.41) is 15.4. The minimum Gasteiger partial charge on any atom is -0.481 e. The number of carbonyl (C=O) groups is 2. The first-order chi connectivity index (χ1) is 9.11. The molecule has 0 saturated heterocycles. The molecule has 4 nitrogen and oxygen atoms in total. The van der Waals surface area contributed by atoms with Gasteiger partial charge in [-0.15, -0.1) is 0 Å². The Morgan fingerprint density at radius 1 is 1.00 bits per heavy atom. The normalized spacial score (nSPS) is 11.7. The Morgan fingerprint density at radius 3 is 1.71 bits per heavy atom. The van der Waals surface area contributed by atoms with Crippen LogP contribution >= 0.6 is 0 Å². The summed E-state index contributed by atoms with van der Waals surface area (Å²) in [4.78, 5) is 18.9. The van der Waals surface area contributed by atoms with Gasteiger partial charge in [-0.2, -0.15) is 5.92 Å². The van der Waals surface area contributed by atoms with Gasteiger partial charge in [0.05, 0.1) is 0 Å². The molecule has 1 atom stereocenters. The predicted molar refractivity (Wildman–Crippen MR) is 81.6 cm³/mol. The molecular formula is C16H31LiO4. The van der Waals surface area contributed by atoms with Gasteiger partial charge < -0.3 is 17.1 Å². The first kappa shape index (κ1) is 25.5. The van der Waals surface area contributed by atoms with Crippen molar-refractivity contribution in [3.05, 3.63) is 6.92 Å². The van der Waals surface area contributed by atoms with Gasteiger partial charge in [-0.1, -0.05) is 71.6 Å². The van der Waals surface area contributed by atoms with Gasteiger partial charge in [-0.05, 0) is 0 Å². The number of carboxylic acid groups (broad SMARTS) is 2. The van der Waals surface area contributed by atoms with E-state index in [-0.39, 0.29) is 18.9 Å². The smallest absolute Gasteiger partial charge is 0.481 e. The molecule has 0 amide bonds. The number of hydrogen-bond acceptors (Lipinski definition) is 2. The first-order valence-electron chi connectivity index (χ1n) is 7.37. The maximum Gasteiger partial charge on any atom is 1.00 e. The topological polar surface area (TPSA) is 74.6 Å². The molecule has 0 aliphatic rings. The third kappa shape index (κ3) is 22.0. The Hall–Kier alpha value is -0.463.